The van der Waals surface area contributed by atoms with Gasteiger partial charge in [0.05, 0.1) is 17.7 Å². The molecule has 17 heavy (non-hydrogen) atoms. The van der Waals surface area contributed by atoms with E-state index in [9.17, 15) is 5.11 Å². The van der Waals surface area contributed by atoms with E-state index in [-0.39, 0.29) is 12.6 Å². The number of benzene rings is 1. The van der Waals surface area contributed by atoms with Gasteiger partial charge in [-0.25, -0.2) is 0 Å². The summed E-state index contributed by atoms with van der Waals surface area (Å²) in [7, 11) is 0. The fourth-order valence-corrected chi connectivity index (χ4v) is 2.71. The molecule has 90 valence electrons. The van der Waals surface area contributed by atoms with E-state index in [0.717, 1.165) is 15.7 Å². The van der Waals surface area contributed by atoms with Gasteiger partial charge in [-0.3, -0.25) is 0 Å². The summed E-state index contributed by atoms with van der Waals surface area (Å²) < 4.78 is 0.839. The lowest BCUT2D eigenvalue weighted by Gasteiger charge is -2.17. The molecule has 1 atom stereocenters. The SMILES string of the molecule is OCC(Nc1ccc(Cl)c(Br)c1)c1ccsc1. The standard InChI is InChI=1S/C12H11BrClNOS/c13-10-5-9(1-2-11(10)14)15-12(6-16)8-3-4-17-7-8/h1-5,7,12,15-16H,6H2. The normalized spacial score (nSPS) is 12.4. The van der Waals surface area contributed by atoms with Crippen LogP contribution in [0.4, 0.5) is 5.69 Å². The van der Waals surface area contributed by atoms with E-state index >= 15 is 0 Å². The Labute approximate surface area is 117 Å². The van der Waals surface area contributed by atoms with Crippen LogP contribution < -0.4 is 5.32 Å². The zero-order chi connectivity index (χ0) is 12.3. The summed E-state index contributed by atoms with van der Waals surface area (Å²) in [5, 5.41) is 17.4. The van der Waals surface area contributed by atoms with Crippen molar-refractivity contribution in [2.45, 2.75) is 6.04 Å². The van der Waals surface area contributed by atoms with Crippen molar-refractivity contribution in [3.63, 3.8) is 0 Å². The summed E-state index contributed by atoms with van der Waals surface area (Å²) in [5.41, 5.74) is 2.01. The molecule has 2 rings (SSSR count). The lowest BCUT2D eigenvalue weighted by Crippen LogP contribution is -2.13. The Kier molecular flexibility index (Phi) is 4.45. The van der Waals surface area contributed by atoms with Crippen LogP contribution in [0.1, 0.15) is 11.6 Å². The molecule has 0 spiro atoms. The van der Waals surface area contributed by atoms with Gasteiger partial charge in [-0.05, 0) is 56.5 Å². The lowest BCUT2D eigenvalue weighted by atomic mass is 10.1. The maximum Gasteiger partial charge on any atom is 0.0753 e. The van der Waals surface area contributed by atoms with Gasteiger partial charge in [0.15, 0.2) is 0 Å². The van der Waals surface area contributed by atoms with Gasteiger partial charge in [0.1, 0.15) is 0 Å². The van der Waals surface area contributed by atoms with Crippen LogP contribution in [0.3, 0.4) is 0 Å². The highest BCUT2D eigenvalue weighted by atomic mass is 79.9. The van der Waals surface area contributed by atoms with Crippen LogP contribution in [-0.4, -0.2) is 11.7 Å². The molecule has 0 aliphatic rings. The van der Waals surface area contributed by atoms with Crippen LogP contribution in [0.2, 0.25) is 5.02 Å². The largest absolute Gasteiger partial charge is 0.394 e. The molecule has 0 fully saturated rings. The Morgan fingerprint density at radius 1 is 1.41 bits per heavy atom. The molecule has 2 nitrogen and oxygen atoms in total. The molecule has 1 unspecified atom stereocenters. The zero-order valence-corrected chi connectivity index (χ0v) is 12.0. The van der Waals surface area contributed by atoms with Gasteiger partial charge in [0.2, 0.25) is 0 Å². The minimum atomic E-state index is -0.0886. The predicted octanol–water partition coefficient (Wildman–Crippen LogP) is 4.31. The molecular formula is C12H11BrClNOS. The summed E-state index contributed by atoms with van der Waals surface area (Å²) in [6.45, 7) is 0.0526. The highest BCUT2D eigenvalue weighted by molar-refractivity contribution is 9.10. The average Bonchev–Trinajstić information content (AvgIpc) is 2.84. The quantitative estimate of drug-likeness (QED) is 0.874. The smallest absolute Gasteiger partial charge is 0.0753 e. The molecule has 1 aromatic carbocycles. The van der Waals surface area contributed by atoms with Crippen molar-refractivity contribution in [3.8, 4) is 0 Å². The second-order valence-electron chi connectivity index (χ2n) is 3.57. The van der Waals surface area contributed by atoms with Gasteiger partial charge >= 0.3 is 0 Å². The monoisotopic (exact) mass is 331 g/mol. The molecule has 1 heterocycles. The highest BCUT2D eigenvalue weighted by Crippen LogP contribution is 2.28. The van der Waals surface area contributed by atoms with Crippen molar-refractivity contribution < 1.29 is 5.11 Å². The maximum atomic E-state index is 9.39. The van der Waals surface area contributed by atoms with E-state index in [1.807, 2.05) is 35.0 Å². The number of thiophene rings is 1. The van der Waals surface area contributed by atoms with Crippen LogP contribution in [-0.2, 0) is 0 Å². The van der Waals surface area contributed by atoms with E-state index in [1.165, 1.54) is 0 Å². The zero-order valence-electron chi connectivity index (χ0n) is 8.86. The third-order valence-electron chi connectivity index (χ3n) is 2.39. The van der Waals surface area contributed by atoms with Crippen LogP contribution in [0.5, 0.6) is 0 Å². The van der Waals surface area contributed by atoms with Gasteiger partial charge < -0.3 is 10.4 Å². The fourth-order valence-electron chi connectivity index (χ4n) is 1.49. The second kappa shape index (κ2) is 5.87. The minimum Gasteiger partial charge on any atom is -0.394 e. The van der Waals surface area contributed by atoms with Crippen LogP contribution in [0, 0.1) is 0 Å². The number of nitrogens with one attached hydrogen (secondary N) is 1. The van der Waals surface area contributed by atoms with Crippen molar-refractivity contribution >= 4 is 44.6 Å². The van der Waals surface area contributed by atoms with Crippen molar-refractivity contribution in [2.24, 2.45) is 0 Å². The Morgan fingerprint density at radius 2 is 2.24 bits per heavy atom. The van der Waals surface area contributed by atoms with E-state index in [0.29, 0.717) is 5.02 Å². The van der Waals surface area contributed by atoms with Gasteiger partial charge in [0, 0.05) is 10.2 Å². The number of rotatable bonds is 4. The highest BCUT2D eigenvalue weighted by Gasteiger charge is 2.10. The fraction of sp³-hybridized carbons (Fsp3) is 0.167. The van der Waals surface area contributed by atoms with Crippen molar-refractivity contribution in [2.75, 3.05) is 11.9 Å². The first-order valence-corrected chi connectivity index (χ1v) is 7.16. The molecule has 1 aromatic heterocycles. The number of hydrogen-bond donors (Lipinski definition) is 2. The molecule has 2 aromatic rings. The van der Waals surface area contributed by atoms with Gasteiger partial charge in [-0.1, -0.05) is 11.6 Å². The molecule has 2 N–H and O–H groups in total. The predicted molar refractivity (Wildman–Crippen MR) is 76.9 cm³/mol. The third-order valence-corrected chi connectivity index (χ3v) is 4.30. The number of anilines is 1. The first-order valence-electron chi connectivity index (χ1n) is 5.05. The molecule has 0 saturated carbocycles. The van der Waals surface area contributed by atoms with Crippen molar-refractivity contribution in [1.82, 2.24) is 0 Å². The van der Waals surface area contributed by atoms with E-state index < -0.39 is 0 Å². The molecule has 0 aliphatic carbocycles. The molecule has 0 aliphatic heterocycles. The van der Waals surface area contributed by atoms with Gasteiger partial charge in [-0.2, -0.15) is 11.3 Å². The molecular weight excluding hydrogens is 322 g/mol. The molecule has 0 saturated heterocycles. The topological polar surface area (TPSA) is 32.3 Å². The summed E-state index contributed by atoms with van der Waals surface area (Å²) in [4.78, 5) is 0. The van der Waals surface area contributed by atoms with Crippen molar-refractivity contribution in [1.29, 1.82) is 0 Å². The van der Waals surface area contributed by atoms with Gasteiger partial charge in [-0.15, -0.1) is 0 Å². The van der Waals surface area contributed by atoms with Crippen LogP contribution in [0.25, 0.3) is 0 Å². The second-order valence-corrected chi connectivity index (χ2v) is 5.61. The lowest BCUT2D eigenvalue weighted by molar-refractivity contribution is 0.276. The Balaban J connectivity index is 2.16. The van der Waals surface area contributed by atoms with Crippen LogP contribution >= 0.6 is 38.9 Å². The number of halogens is 2. The maximum absolute atomic E-state index is 9.39. The molecule has 5 heteroatoms. The Morgan fingerprint density at radius 3 is 2.82 bits per heavy atom. The van der Waals surface area contributed by atoms with Crippen LogP contribution in [0.15, 0.2) is 39.5 Å². The van der Waals surface area contributed by atoms with E-state index in [2.05, 4.69) is 21.2 Å². The third kappa shape index (κ3) is 3.22. The summed E-state index contributed by atoms with van der Waals surface area (Å²) in [6.07, 6.45) is 0. The first kappa shape index (κ1) is 12.9. The number of aliphatic hydroxyl groups is 1. The molecule has 0 bridgehead atoms. The summed E-state index contributed by atoms with van der Waals surface area (Å²) >= 11 is 10.9. The number of hydrogen-bond acceptors (Lipinski definition) is 3. The molecule has 0 amide bonds. The van der Waals surface area contributed by atoms with E-state index in [1.54, 1.807) is 11.3 Å². The Hall–Kier alpha value is -0.550. The number of aliphatic hydroxyl groups excluding tert-OH is 1. The minimum absolute atomic E-state index is 0.0526. The van der Waals surface area contributed by atoms with Crippen molar-refractivity contribution in [3.05, 3.63) is 50.1 Å². The van der Waals surface area contributed by atoms with Gasteiger partial charge in [0.25, 0.3) is 0 Å². The van der Waals surface area contributed by atoms with E-state index in [4.69, 9.17) is 11.6 Å². The Bertz CT molecular complexity index is 489. The molecule has 0 radical (unpaired) electrons. The average molecular weight is 333 g/mol. The summed E-state index contributed by atoms with van der Waals surface area (Å²) in [6, 6.07) is 7.52. The summed E-state index contributed by atoms with van der Waals surface area (Å²) in [5.74, 6) is 0. The first-order chi connectivity index (χ1) is 8.20.